The summed E-state index contributed by atoms with van der Waals surface area (Å²) < 4.78 is 79.5. The number of hydrogen-bond acceptors (Lipinski definition) is 8. The van der Waals surface area contributed by atoms with Gasteiger partial charge in [0.2, 0.25) is 11.7 Å². The van der Waals surface area contributed by atoms with Gasteiger partial charge in [0.15, 0.2) is 6.61 Å². The van der Waals surface area contributed by atoms with Gasteiger partial charge < -0.3 is 19.2 Å². The molecule has 0 radical (unpaired) electrons. The molecule has 0 spiro atoms. The predicted molar refractivity (Wildman–Crippen MR) is 98.6 cm³/mol. The van der Waals surface area contributed by atoms with E-state index in [0.717, 1.165) is 14.2 Å². The van der Waals surface area contributed by atoms with Crippen LogP contribution in [-0.2, 0) is 10.0 Å². The molecule has 0 bridgehead atoms. The van der Waals surface area contributed by atoms with Gasteiger partial charge in [0.05, 0.1) is 14.2 Å². The van der Waals surface area contributed by atoms with E-state index in [1.807, 2.05) is 0 Å². The second-order valence-corrected chi connectivity index (χ2v) is 7.63. The molecular formula is C15H13ClF3N5O5S. The fraction of sp³-hybridized carbons (Fsp3) is 0.267. The monoisotopic (exact) mass is 467 g/mol. The maximum absolute atomic E-state index is 12.8. The summed E-state index contributed by atoms with van der Waals surface area (Å²) in [5, 5.41) is 0.407. The zero-order valence-electron chi connectivity index (χ0n) is 15.2. The highest BCUT2D eigenvalue weighted by Gasteiger charge is 2.31. The molecular weight excluding hydrogens is 455 g/mol. The number of anilines is 1. The largest absolute Gasteiger partial charge is 0.478 e. The fourth-order valence-electron chi connectivity index (χ4n) is 2.36. The van der Waals surface area contributed by atoms with Gasteiger partial charge in [0, 0.05) is 11.6 Å². The Labute approximate surface area is 172 Å². The van der Waals surface area contributed by atoms with Crippen LogP contribution in [0.3, 0.4) is 0 Å². The summed E-state index contributed by atoms with van der Waals surface area (Å²) in [4.78, 5) is 13.9. The fourth-order valence-corrected chi connectivity index (χ4v) is 3.62. The highest BCUT2D eigenvalue weighted by Crippen LogP contribution is 2.36. The molecule has 0 unspecified atom stereocenters. The van der Waals surface area contributed by atoms with Crippen LogP contribution < -0.4 is 18.9 Å². The molecule has 0 aliphatic heterocycles. The van der Waals surface area contributed by atoms with Crippen molar-refractivity contribution < 1.29 is 35.8 Å². The molecule has 0 fully saturated rings. The number of nitrogens with zero attached hydrogens (tertiary/aromatic N) is 3. The van der Waals surface area contributed by atoms with Gasteiger partial charge in [-0.2, -0.15) is 23.1 Å². The molecule has 3 aromatic rings. The molecule has 3 heterocycles. The Morgan fingerprint density at radius 2 is 1.77 bits per heavy atom. The van der Waals surface area contributed by atoms with Crippen molar-refractivity contribution in [2.75, 3.05) is 25.5 Å². The van der Waals surface area contributed by atoms with Crippen LogP contribution >= 0.6 is 11.6 Å². The van der Waals surface area contributed by atoms with Crippen molar-refractivity contribution in [3.05, 3.63) is 23.5 Å². The summed E-state index contributed by atoms with van der Waals surface area (Å²) in [6.07, 6.45) is -3.45. The Hall–Kier alpha value is -3.00. The molecule has 0 aliphatic rings. The molecule has 3 aromatic heterocycles. The second-order valence-electron chi connectivity index (χ2n) is 5.59. The van der Waals surface area contributed by atoms with Gasteiger partial charge >= 0.3 is 6.18 Å². The molecule has 0 aromatic carbocycles. The Morgan fingerprint density at radius 3 is 2.33 bits per heavy atom. The molecule has 0 aliphatic carbocycles. The minimum absolute atomic E-state index is 0.161. The number of hydrogen-bond donors (Lipinski definition) is 2. The van der Waals surface area contributed by atoms with Crippen LogP contribution in [0.5, 0.6) is 17.5 Å². The number of H-pyrrole nitrogens is 1. The molecule has 0 amide bonds. The average molecular weight is 468 g/mol. The summed E-state index contributed by atoms with van der Waals surface area (Å²) in [7, 11) is -2.02. The lowest BCUT2D eigenvalue weighted by Gasteiger charge is -2.15. The standard InChI is InChI=1S/C15H13ClF3N5O5S/c1-27-12-10(29-6-15(17,18)19)13(28-2)23-14(22-12)24-30(25,26)8-5-20-11-7(8)3-4-9(16)21-11/h3-5H,6H2,1-2H3,(H,20,21)(H,22,23,24). The first-order valence-corrected chi connectivity index (χ1v) is 9.76. The number of halogens is 4. The van der Waals surface area contributed by atoms with E-state index in [9.17, 15) is 21.6 Å². The molecule has 0 saturated carbocycles. The normalized spacial score (nSPS) is 12.1. The van der Waals surface area contributed by atoms with E-state index in [0.29, 0.717) is 0 Å². The topological polar surface area (TPSA) is 128 Å². The highest BCUT2D eigenvalue weighted by atomic mass is 35.5. The Morgan fingerprint density at radius 1 is 1.13 bits per heavy atom. The van der Waals surface area contributed by atoms with E-state index >= 15 is 0 Å². The quantitative estimate of drug-likeness (QED) is 0.507. The van der Waals surface area contributed by atoms with Crippen molar-refractivity contribution >= 4 is 38.6 Å². The smallest absolute Gasteiger partial charge is 0.422 e. The molecule has 3 rings (SSSR count). The van der Waals surface area contributed by atoms with Crippen LogP contribution in [-0.4, -0.2) is 55.4 Å². The van der Waals surface area contributed by atoms with Crippen molar-refractivity contribution in [2.24, 2.45) is 0 Å². The number of ether oxygens (including phenoxy) is 3. The summed E-state index contributed by atoms with van der Waals surface area (Å²) in [6, 6.07) is 2.86. The number of methoxy groups -OCH3 is 2. The van der Waals surface area contributed by atoms with E-state index in [-0.39, 0.29) is 21.1 Å². The van der Waals surface area contributed by atoms with Crippen molar-refractivity contribution in [3.8, 4) is 17.5 Å². The zero-order chi connectivity index (χ0) is 22.1. The summed E-state index contributed by atoms with van der Waals surface area (Å²) >= 11 is 5.78. The lowest BCUT2D eigenvalue weighted by atomic mass is 10.3. The third-order valence-corrected chi connectivity index (χ3v) is 5.13. The first kappa shape index (κ1) is 21.7. The van der Waals surface area contributed by atoms with E-state index in [1.165, 1.54) is 18.3 Å². The van der Waals surface area contributed by atoms with E-state index in [4.69, 9.17) is 21.1 Å². The van der Waals surface area contributed by atoms with Crippen LogP contribution in [0.25, 0.3) is 11.0 Å². The van der Waals surface area contributed by atoms with Gasteiger partial charge in [-0.3, -0.25) is 0 Å². The van der Waals surface area contributed by atoms with Gasteiger partial charge in [-0.15, -0.1) is 0 Å². The van der Waals surface area contributed by atoms with Crippen LogP contribution in [0, 0.1) is 0 Å². The zero-order valence-corrected chi connectivity index (χ0v) is 16.8. The number of fused-ring (bicyclic) bond motifs is 1. The first-order chi connectivity index (χ1) is 14.0. The van der Waals surface area contributed by atoms with E-state index in [2.05, 4.69) is 29.4 Å². The van der Waals surface area contributed by atoms with Gasteiger partial charge in [0.25, 0.3) is 21.8 Å². The molecule has 10 nitrogen and oxygen atoms in total. The molecule has 2 N–H and O–H groups in total. The Kier molecular flexibility index (Phi) is 5.81. The van der Waals surface area contributed by atoms with Gasteiger partial charge in [-0.05, 0) is 12.1 Å². The third kappa shape index (κ3) is 4.59. The molecule has 162 valence electrons. The molecule has 0 atom stereocenters. The Balaban J connectivity index is 1.97. The van der Waals surface area contributed by atoms with Crippen LogP contribution in [0.1, 0.15) is 0 Å². The van der Waals surface area contributed by atoms with Crippen molar-refractivity contribution in [1.82, 2.24) is 19.9 Å². The van der Waals surface area contributed by atoms with Crippen molar-refractivity contribution in [2.45, 2.75) is 11.1 Å². The maximum atomic E-state index is 12.8. The first-order valence-electron chi connectivity index (χ1n) is 7.90. The minimum atomic E-state index is -4.64. The number of pyridine rings is 1. The minimum Gasteiger partial charge on any atom is -0.478 e. The SMILES string of the molecule is COc1nc(NS(=O)(=O)c2c[nH]c3nc(Cl)ccc23)nc(OC)c1OCC(F)(F)F. The van der Waals surface area contributed by atoms with Crippen LogP contribution in [0.4, 0.5) is 19.1 Å². The predicted octanol–water partition coefficient (Wildman–Crippen LogP) is 2.77. The molecule has 15 heteroatoms. The van der Waals surface area contributed by atoms with Gasteiger partial charge in [-0.1, -0.05) is 11.6 Å². The summed E-state index contributed by atoms with van der Waals surface area (Å²) in [5.74, 6) is -1.97. The number of aromatic nitrogens is 4. The number of aromatic amines is 1. The van der Waals surface area contributed by atoms with E-state index in [1.54, 1.807) is 0 Å². The lowest BCUT2D eigenvalue weighted by molar-refractivity contribution is -0.153. The van der Waals surface area contributed by atoms with Crippen LogP contribution in [0.15, 0.2) is 23.2 Å². The van der Waals surface area contributed by atoms with Gasteiger partial charge in [0.1, 0.15) is 15.7 Å². The van der Waals surface area contributed by atoms with Crippen molar-refractivity contribution in [3.63, 3.8) is 0 Å². The summed E-state index contributed by atoms with van der Waals surface area (Å²) in [6.45, 7) is -1.65. The number of sulfonamides is 1. The van der Waals surface area contributed by atoms with Crippen LogP contribution in [0.2, 0.25) is 5.15 Å². The van der Waals surface area contributed by atoms with Gasteiger partial charge in [-0.25, -0.2) is 18.1 Å². The third-order valence-electron chi connectivity index (χ3n) is 3.55. The van der Waals surface area contributed by atoms with E-state index < -0.39 is 46.3 Å². The molecule has 0 saturated heterocycles. The lowest BCUT2D eigenvalue weighted by Crippen LogP contribution is -2.21. The summed E-state index contributed by atoms with van der Waals surface area (Å²) in [5.41, 5.74) is 0.231. The van der Waals surface area contributed by atoms with Crippen molar-refractivity contribution in [1.29, 1.82) is 0 Å². The molecule has 30 heavy (non-hydrogen) atoms. The Bertz CT molecular complexity index is 1160. The number of alkyl halides is 3. The average Bonchev–Trinajstić information content (AvgIpc) is 3.09. The maximum Gasteiger partial charge on any atom is 0.422 e. The number of rotatable bonds is 7. The number of nitrogens with one attached hydrogen (secondary N) is 2. The second kappa shape index (κ2) is 8.02. The highest BCUT2D eigenvalue weighted by molar-refractivity contribution is 7.93.